The highest BCUT2D eigenvalue weighted by atomic mass is 16.2. The fraction of sp³-hybridized carbons (Fsp3) is 0.562. The quantitative estimate of drug-likeness (QED) is 0.904. The maximum atomic E-state index is 12.8. The highest BCUT2D eigenvalue weighted by Gasteiger charge is 2.37. The average molecular weight is 260 g/mol. The molecule has 3 nitrogen and oxygen atoms in total. The van der Waals surface area contributed by atoms with Crippen LogP contribution in [0.3, 0.4) is 0 Å². The molecule has 1 aromatic carbocycles. The van der Waals surface area contributed by atoms with Crippen LogP contribution in [0, 0.1) is 12.8 Å². The van der Waals surface area contributed by atoms with Crippen molar-refractivity contribution in [3.8, 4) is 0 Å². The number of nitrogens with two attached hydrogens (primary N) is 1. The molecule has 3 heteroatoms. The third kappa shape index (κ3) is 2.66. The highest BCUT2D eigenvalue weighted by molar-refractivity contribution is 5.88. The van der Waals surface area contributed by atoms with Crippen molar-refractivity contribution in [2.24, 2.45) is 11.7 Å². The fourth-order valence-electron chi connectivity index (χ4n) is 2.99. The van der Waals surface area contributed by atoms with Gasteiger partial charge >= 0.3 is 0 Å². The van der Waals surface area contributed by atoms with Crippen molar-refractivity contribution in [2.75, 3.05) is 19.6 Å². The van der Waals surface area contributed by atoms with E-state index in [1.54, 1.807) is 0 Å². The second kappa shape index (κ2) is 5.33. The van der Waals surface area contributed by atoms with Crippen LogP contribution in [0.5, 0.6) is 0 Å². The molecule has 2 rings (SSSR count). The molecule has 0 spiro atoms. The lowest BCUT2D eigenvalue weighted by atomic mass is 9.81. The predicted octanol–water partition coefficient (Wildman–Crippen LogP) is 2.08. The van der Waals surface area contributed by atoms with Crippen molar-refractivity contribution in [2.45, 2.75) is 32.6 Å². The molecule has 1 atom stereocenters. The van der Waals surface area contributed by atoms with E-state index in [1.165, 1.54) is 5.56 Å². The lowest BCUT2D eigenvalue weighted by Crippen LogP contribution is -2.43. The molecule has 0 saturated carbocycles. The normalized spacial score (nSPS) is 19.8. The molecule has 0 aliphatic carbocycles. The zero-order chi connectivity index (χ0) is 14.0. The molecule has 1 amide bonds. The number of rotatable bonds is 3. The second-order valence-corrected chi connectivity index (χ2v) is 6.08. The predicted molar refractivity (Wildman–Crippen MR) is 77.9 cm³/mol. The van der Waals surface area contributed by atoms with Crippen LogP contribution in [0.15, 0.2) is 24.3 Å². The van der Waals surface area contributed by atoms with Gasteiger partial charge in [0.1, 0.15) is 0 Å². The van der Waals surface area contributed by atoms with Crippen LogP contribution in [0.1, 0.15) is 31.4 Å². The van der Waals surface area contributed by atoms with Crippen molar-refractivity contribution in [3.63, 3.8) is 0 Å². The van der Waals surface area contributed by atoms with E-state index in [1.807, 2.05) is 30.9 Å². The molecule has 0 radical (unpaired) electrons. The van der Waals surface area contributed by atoms with Gasteiger partial charge in [-0.05, 0) is 50.8 Å². The van der Waals surface area contributed by atoms with Crippen molar-refractivity contribution in [1.82, 2.24) is 4.90 Å². The number of likely N-dealkylation sites (tertiary alicyclic amines) is 1. The van der Waals surface area contributed by atoms with E-state index in [0.717, 1.165) is 25.1 Å². The summed E-state index contributed by atoms with van der Waals surface area (Å²) in [5.74, 6) is 0.689. The number of hydrogen-bond acceptors (Lipinski definition) is 2. The fourth-order valence-corrected chi connectivity index (χ4v) is 2.99. The monoisotopic (exact) mass is 260 g/mol. The standard InChI is InChI=1S/C16H24N2O/c1-12-6-4-5-7-14(12)16(2,3)15(19)18-9-8-13(10-17)11-18/h4-7,13H,8-11,17H2,1-3H3/t13-/m0/s1. The third-order valence-corrected chi connectivity index (χ3v) is 4.26. The summed E-state index contributed by atoms with van der Waals surface area (Å²) in [6.07, 6.45) is 1.03. The topological polar surface area (TPSA) is 46.3 Å². The SMILES string of the molecule is Cc1ccccc1C(C)(C)C(=O)N1CC[C@@H](CN)C1. The minimum absolute atomic E-state index is 0.220. The molecule has 0 bridgehead atoms. The van der Waals surface area contributed by atoms with Crippen LogP contribution in [-0.4, -0.2) is 30.4 Å². The molecule has 0 aromatic heterocycles. The highest BCUT2D eigenvalue weighted by Crippen LogP contribution is 2.30. The first kappa shape index (κ1) is 14.1. The number of aryl methyl sites for hydroxylation is 1. The largest absolute Gasteiger partial charge is 0.342 e. The zero-order valence-corrected chi connectivity index (χ0v) is 12.1. The van der Waals surface area contributed by atoms with Crippen LogP contribution < -0.4 is 5.73 Å². The van der Waals surface area contributed by atoms with Crippen LogP contribution >= 0.6 is 0 Å². The summed E-state index contributed by atoms with van der Waals surface area (Å²) in [6.45, 7) is 8.44. The molecule has 19 heavy (non-hydrogen) atoms. The first-order valence-electron chi connectivity index (χ1n) is 7.02. The lowest BCUT2D eigenvalue weighted by molar-refractivity contribution is -0.135. The Labute approximate surface area is 115 Å². The van der Waals surface area contributed by atoms with Crippen LogP contribution in [-0.2, 0) is 10.2 Å². The lowest BCUT2D eigenvalue weighted by Gasteiger charge is -2.31. The molecule has 1 saturated heterocycles. The van der Waals surface area contributed by atoms with Crippen LogP contribution in [0.4, 0.5) is 0 Å². The van der Waals surface area contributed by atoms with Gasteiger partial charge < -0.3 is 10.6 Å². The van der Waals surface area contributed by atoms with Gasteiger partial charge in [-0.15, -0.1) is 0 Å². The molecule has 1 fully saturated rings. The van der Waals surface area contributed by atoms with E-state index < -0.39 is 5.41 Å². The molecule has 1 aliphatic rings. The number of amides is 1. The minimum Gasteiger partial charge on any atom is -0.342 e. The molecule has 1 heterocycles. The number of carbonyl (C=O) groups excluding carboxylic acids is 1. The Morgan fingerprint density at radius 3 is 2.68 bits per heavy atom. The van der Waals surface area contributed by atoms with E-state index in [4.69, 9.17) is 5.73 Å². The van der Waals surface area contributed by atoms with Crippen LogP contribution in [0.2, 0.25) is 0 Å². The molecular formula is C16H24N2O. The average Bonchev–Trinajstić information content (AvgIpc) is 2.86. The van der Waals surface area contributed by atoms with E-state index in [-0.39, 0.29) is 5.91 Å². The zero-order valence-electron chi connectivity index (χ0n) is 12.1. The van der Waals surface area contributed by atoms with Crippen molar-refractivity contribution in [3.05, 3.63) is 35.4 Å². The summed E-state index contributed by atoms with van der Waals surface area (Å²) in [7, 11) is 0. The van der Waals surface area contributed by atoms with Gasteiger partial charge in [-0.3, -0.25) is 4.79 Å². The Hall–Kier alpha value is -1.35. The molecule has 1 aliphatic heterocycles. The maximum Gasteiger partial charge on any atom is 0.232 e. The first-order valence-corrected chi connectivity index (χ1v) is 7.02. The maximum absolute atomic E-state index is 12.8. The first-order chi connectivity index (χ1) is 8.96. The minimum atomic E-state index is -0.463. The Bertz CT molecular complexity index is 468. The number of nitrogens with zero attached hydrogens (tertiary/aromatic N) is 1. The summed E-state index contributed by atoms with van der Waals surface area (Å²) in [6, 6.07) is 8.14. The summed E-state index contributed by atoms with van der Waals surface area (Å²) in [4.78, 5) is 14.7. The Morgan fingerprint density at radius 2 is 2.11 bits per heavy atom. The smallest absolute Gasteiger partial charge is 0.232 e. The van der Waals surface area contributed by atoms with E-state index >= 15 is 0 Å². The van der Waals surface area contributed by atoms with E-state index in [2.05, 4.69) is 19.1 Å². The van der Waals surface area contributed by atoms with Crippen LogP contribution in [0.25, 0.3) is 0 Å². The van der Waals surface area contributed by atoms with Gasteiger partial charge in [0, 0.05) is 13.1 Å². The van der Waals surface area contributed by atoms with Gasteiger partial charge in [0.15, 0.2) is 0 Å². The van der Waals surface area contributed by atoms with E-state index in [0.29, 0.717) is 12.5 Å². The molecule has 104 valence electrons. The molecule has 1 aromatic rings. The van der Waals surface area contributed by atoms with Gasteiger partial charge in [-0.2, -0.15) is 0 Å². The van der Waals surface area contributed by atoms with Crippen molar-refractivity contribution in [1.29, 1.82) is 0 Å². The Morgan fingerprint density at radius 1 is 1.42 bits per heavy atom. The summed E-state index contributed by atoms with van der Waals surface area (Å²) < 4.78 is 0. The van der Waals surface area contributed by atoms with E-state index in [9.17, 15) is 4.79 Å². The Balaban J connectivity index is 2.20. The molecular weight excluding hydrogens is 236 g/mol. The summed E-state index contributed by atoms with van der Waals surface area (Å²) in [5.41, 5.74) is 7.54. The van der Waals surface area contributed by atoms with Gasteiger partial charge in [0.05, 0.1) is 5.41 Å². The van der Waals surface area contributed by atoms with Crippen molar-refractivity contribution >= 4 is 5.91 Å². The molecule has 0 unspecified atom stereocenters. The second-order valence-electron chi connectivity index (χ2n) is 6.08. The van der Waals surface area contributed by atoms with Crippen molar-refractivity contribution < 1.29 is 4.79 Å². The number of hydrogen-bond donors (Lipinski definition) is 1. The number of carbonyl (C=O) groups is 1. The Kier molecular flexibility index (Phi) is 3.95. The van der Waals surface area contributed by atoms with Gasteiger partial charge in [-0.25, -0.2) is 0 Å². The number of benzene rings is 1. The summed E-state index contributed by atoms with van der Waals surface area (Å²) in [5, 5.41) is 0. The van der Waals surface area contributed by atoms with Gasteiger partial charge in [-0.1, -0.05) is 24.3 Å². The van der Waals surface area contributed by atoms with Gasteiger partial charge in [0.25, 0.3) is 0 Å². The van der Waals surface area contributed by atoms with Gasteiger partial charge in [0.2, 0.25) is 5.91 Å². The molecule has 2 N–H and O–H groups in total. The third-order valence-electron chi connectivity index (χ3n) is 4.26. The summed E-state index contributed by atoms with van der Waals surface area (Å²) >= 11 is 0.